The van der Waals surface area contributed by atoms with Crippen molar-refractivity contribution in [2.45, 2.75) is 12.8 Å². The smallest absolute Gasteiger partial charge is 0.332 e. The van der Waals surface area contributed by atoms with Gasteiger partial charge in [-0.15, -0.1) is 6.58 Å². The predicted octanol–water partition coefficient (Wildman–Crippen LogP) is 2.27. The molecule has 0 amide bonds. The number of benzene rings is 1. The van der Waals surface area contributed by atoms with Crippen LogP contribution in [0.3, 0.4) is 0 Å². The minimum Gasteiger partial charge on any atom is -0.478 e. The lowest BCUT2D eigenvalue weighted by atomic mass is 9.98. The molecule has 2 N–H and O–H groups in total. The summed E-state index contributed by atoms with van der Waals surface area (Å²) >= 11 is 0. The van der Waals surface area contributed by atoms with E-state index in [-0.39, 0.29) is 24.0 Å². The summed E-state index contributed by atoms with van der Waals surface area (Å²) in [7, 11) is 0. The van der Waals surface area contributed by atoms with Crippen LogP contribution in [0.5, 0.6) is 0 Å². The molecule has 1 aromatic rings. The molecule has 94 valence electrons. The van der Waals surface area contributed by atoms with Crippen LogP contribution in [0.2, 0.25) is 0 Å². The average Bonchev–Trinajstić information content (AvgIpc) is 2.34. The van der Waals surface area contributed by atoms with E-state index in [9.17, 15) is 9.59 Å². The van der Waals surface area contributed by atoms with Gasteiger partial charge in [0.1, 0.15) is 0 Å². The second-order valence-electron chi connectivity index (χ2n) is 3.72. The Hall–Kier alpha value is -2.36. The highest BCUT2D eigenvalue weighted by Gasteiger charge is 2.19. The van der Waals surface area contributed by atoms with Gasteiger partial charge in [-0.05, 0) is 12.0 Å². The van der Waals surface area contributed by atoms with Crippen molar-refractivity contribution in [3.8, 4) is 0 Å². The third-order valence-electron chi connectivity index (χ3n) is 2.45. The minimum atomic E-state index is -1.22. The first-order valence-corrected chi connectivity index (χ1v) is 5.39. The molecule has 0 aliphatic carbocycles. The van der Waals surface area contributed by atoms with Crippen molar-refractivity contribution >= 4 is 11.9 Å². The fraction of sp³-hybridized carbons (Fsp3) is 0.143. The van der Waals surface area contributed by atoms with Crippen LogP contribution in [-0.2, 0) is 16.0 Å². The van der Waals surface area contributed by atoms with Gasteiger partial charge in [0, 0.05) is 6.42 Å². The highest BCUT2D eigenvalue weighted by atomic mass is 16.4. The van der Waals surface area contributed by atoms with Crippen molar-refractivity contribution in [3.05, 3.63) is 59.7 Å². The first-order chi connectivity index (χ1) is 8.56. The molecule has 1 rings (SSSR count). The van der Waals surface area contributed by atoms with Crippen molar-refractivity contribution in [1.82, 2.24) is 0 Å². The Balaban J connectivity index is 3.15. The molecule has 0 aromatic heterocycles. The molecular weight excluding hydrogens is 232 g/mol. The summed E-state index contributed by atoms with van der Waals surface area (Å²) in [6.45, 7) is 3.44. The summed E-state index contributed by atoms with van der Waals surface area (Å²) in [5.41, 5.74) is 0.535. The van der Waals surface area contributed by atoms with Crippen LogP contribution < -0.4 is 0 Å². The number of carboxylic acid groups (broad SMARTS) is 2. The van der Waals surface area contributed by atoms with Gasteiger partial charge in [-0.2, -0.15) is 0 Å². The molecule has 0 saturated heterocycles. The van der Waals surface area contributed by atoms with Gasteiger partial charge in [-0.1, -0.05) is 36.4 Å². The zero-order valence-corrected chi connectivity index (χ0v) is 9.80. The Kier molecular flexibility index (Phi) is 4.87. The Morgan fingerprint density at radius 1 is 1.06 bits per heavy atom. The zero-order valence-electron chi connectivity index (χ0n) is 9.80. The number of carbonyl (C=O) groups is 2. The van der Waals surface area contributed by atoms with E-state index >= 15 is 0 Å². The van der Waals surface area contributed by atoms with E-state index < -0.39 is 11.9 Å². The van der Waals surface area contributed by atoms with E-state index in [1.54, 1.807) is 24.3 Å². The topological polar surface area (TPSA) is 74.6 Å². The number of carboxylic acids is 2. The van der Waals surface area contributed by atoms with Gasteiger partial charge in [-0.25, -0.2) is 9.59 Å². The van der Waals surface area contributed by atoms with E-state index in [1.807, 2.05) is 6.07 Å². The monoisotopic (exact) mass is 246 g/mol. The molecule has 1 aromatic carbocycles. The Bertz CT molecular complexity index is 486. The minimum absolute atomic E-state index is 0.0315. The molecule has 0 bridgehead atoms. The van der Waals surface area contributed by atoms with Gasteiger partial charge in [0.15, 0.2) is 0 Å². The van der Waals surface area contributed by atoms with Crippen LogP contribution in [0.25, 0.3) is 0 Å². The summed E-state index contributed by atoms with van der Waals surface area (Å²) in [6, 6.07) is 8.90. The second-order valence-corrected chi connectivity index (χ2v) is 3.72. The van der Waals surface area contributed by atoms with Gasteiger partial charge in [-0.3, -0.25) is 0 Å². The van der Waals surface area contributed by atoms with Crippen LogP contribution in [0.1, 0.15) is 12.0 Å². The molecule has 0 aliphatic heterocycles. The molecular formula is C14H14O4. The van der Waals surface area contributed by atoms with Gasteiger partial charge in [0.2, 0.25) is 0 Å². The predicted molar refractivity (Wildman–Crippen MR) is 67.3 cm³/mol. The average molecular weight is 246 g/mol. The molecule has 0 fully saturated rings. The molecule has 18 heavy (non-hydrogen) atoms. The standard InChI is InChI=1S/C14H14O4/c1-2-6-11(13(15)16)12(14(17)18)9-10-7-4-3-5-8-10/h2-5,7-8H,1,6,9H2,(H,15,16)(H,17,18). The van der Waals surface area contributed by atoms with Gasteiger partial charge < -0.3 is 10.2 Å². The molecule has 0 spiro atoms. The lowest BCUT2D eigenvalue weighted by Gasteiger charge is -2.07. The van der Waals surface area contributed by atoms with Gasteiger partial charge >= 0.3 is 11.9 Å². The van der Waals surface area contributed by atoms with Crippen LogP contribution in [0.15, 0.2) is 54.1 Å². The van der Waals surface area contributed by atoms with Crippen molar-refractivity contribution in [3.63, 3.8) is 0 Å². The van der Waals surface area contributed by atoms with Crippen LogP contribution in [0, 0.1) is 0 Å². The molecule has 0 saturated carbocycles. The van der Waals surface area contributed by atoms with E-state index in [1.165, 1.54) is 6.08 Å². The fourth-order valence-corrected chi connectivity index (χ4v) is 1.60. The lowest BCUT2D eigenvalue weighted by molar-refractivity contribution is -0.136. The Labute approximate surface area is 105 Å². The summed E-state index contributed by atoms with van der Waals surface area (Å²) in [4.78, 5) is 22.2. The third-order valence-corrected chi connectivity index (χ3v) is 2.45. The highest BCUT2D eigenvalue weighted by molar-refractivity contribution is 5.99. The molecule has 0 heterocycles. The first kappa shape index (κ1) is 13.7. The number of aliphatic carboxylic acids is 2. The van der Waals surface area contributed by atoms with E-state index in [2.05, 4.69) is 6.58 Å². The molecule has 0 unspecified atom stereocenters. The van der Waals surface area contributed by atoms with Crippen molar-refractivity contribution in [2.75, 3.05) is 0 Å². The molecule has 0 radical (unpaired) electrons. The number of hydrogen-bond acceptors (Lipinski definition) is 2. The number of allylic oxidation sites excluding steroid dienone is 1. The second kappa shape index (κ2) is 6.39. The van der Waals surface area contributed by atoms with Crippen LogP contribution >= 0.6 is 0 Å². The summed E-state index contributed by atoms with van der Waals surface area (Å²) in [6.07, 6.45) is 1.51. The molecule has 0 aliphatic rings. The van der Waals surface area contributed by atoms with E-state index in [4.69, 9.17) is 10.2 Å². The van der Waals surface area contributed by atoms with Crippen LogP contribution in [-0.4, -0.2) is 22.2 Å². The molecule has 4 nitrogen and oxygen atoms in total. The Morgan fingerprint density at radius 2 is 1.61 bits per heavy atom. The maximum atomic E-state index is 11.2. The summed E-state index contributed by atoms with van der Waals surface area (Å²) in [5, 5.41) is 18.2. The summed E-state index contributed by atoms with van der Waals surface area (Å²) < 4.78 is 0. The van der Waals surface area contributed by atoms with Gasteiger partial charge in [0.25, 0.3) is 0 Å². The zero-order chi connectivity index (χ0) is 13.5. The maximum absolute atomic E-state index is 11.2. The first-order valence-electron chi connectivity index (χ1n) is 5.39. The SMILES string of the molecule is C=CCC(C(=O)O)=C(Cc1ccccc1)C(=O)O. The van der Waals surface area contributed by atoms with Crippen molar-refractivity contribution < 1.29 is 19.8 Å². The van der Waals surface area contributed by atoms with Crippen LogP contribution in [0.4, 0.5) is 0 Å². The largest absolute Gasteiger partial charge is 0.478 e. The Morgan fingerprint density at radius 3 is 2.06 bits per heavy atom. The van der Waals surface area contributed by atoms with Crippen molar-refractivity contribution in [2.24, 2.45) is 0 Å². The lowest BCUT2D eigenvalue weighted by Crippen LogP contribution is -2.13. The molecule has 0 atom stereocenters. The summed E-state index contributed by atoms with van der Waals surface area (Å²) in [5.74, 6) is -2.43. The normalized spacial score (nSPS) is 11.6. The van der Waals surface area contributed by atoms with E-state index in [0.29, 0.717) is 0 Å². The fourth-order valence-electron chi connectivity index (χ4n) is 1.60. The quantitative estimate of drug-likeness (QED) is 0.596. The number of rotatable bonds is 6. The molecule has 4 heteroatoms. The van der Waals surface area contributed by atoms with Gasteiger partial charge in [0.05, 0.1) is 11.1 Å². The highest BCUT2D eigenvalue weighted by Crippen LogP contribution is 2.16. The van der Waals surface area contributed by atoms with Crippen molar-refractivity contribution in [1.29, 1.82) is 0 Å². The third kappa shape index (κ3) is 3.59. The number of hydrogen-bond donors (Lipinski definition) is 2. The van der Waals surface area contributed by atoms with E-state index in [0.717, 1.165) is 5.56 Å². The maximum Gasteiger partial charge on any atom is 0.332 e.